The quantitative estimate of drug-likeness (QED) is 0.107. The van der Waals surface area contributed by atoms with E-state index in [0.29, 0.717) is 0 Å². The summed E-state index contributed by atoms with van der Waals surface area (Å²) in [6.45, 7) is 0. The van der Waals surface area contributed by atoms with Crippen LogP contribution >= 0.6 is 0 Å². The second kappa shape index (κ2) is 39.9. The smallest absolute Gasteiger partial charge is 0.00686 e. The Labute approximate surface area is 659 Å². The summed E-state index contributed by atoms with van der Waals surface area (Å²) in [6.07, 6.45) is 14.6. The van der Waals surface area contributed by atoms with Crippen LogP contribution in [0.15, 0.2) is 388 Å². The fourth-order valence-electron chi connectivity index (χ4n) is 15.0. The zero-order chi connectivity index (χ0) is 69.3. The number of benzene rings is 12. The maximum absolute atomic E-state index is 2.27. The van der Waals surface area contributed by atoms with Gasteiger partial charge < -0.3 is 24.8 Å². The third kappa shape index (κ3) is 20.0. The molecule has 0 spiro atoms. The molecule has 2 aliphatic carbocycles. The summed E-state index contributed by atoms with van der Waals surface area (Å²) < 4.78 is 3.61. The first kappa shape index (κ1) is 76.3. The molecule has 0 amide bonds. The predicted molar refractivity (Wildman–Crippen MR) is 430 cm³/mol. The van der Waals surface area contributed by atoms with Crippen molar-refractivity contribution in [2.75, 3.05) is 0 Å². The first-order valence-electron chi connectivity index (χ1n) is 36.6. The van der Waals surface area contributed by atoms with E-state index in [4.69, 9.17) is 0 Å². The van der Waals surface area contributed by atoms with Crippen molar-refractivity contribution >= 4 is 49.5 Å². The standard InChI is InChI=1S/4C22H17.2C6H10.2ClH.2Zr/c4*1-3-10-18(11-4-1)22(19-12-5-2-6-13-19)21-16-15-17-9-7-8-14-20(17)21;2*1-2-4-6-5-3-1;;;;/h4*1-16,22H;2*1-5H2;2*1H;;/q4*-1;;;;;2*+2/p-2. The first-order chi connectivity index (χ1) is 50.5. The van der Waals surface area contributed by atoms with Crippen molar-refractivity contribution in [1.82, 2.24) is 0 Å². The summed E-state index contributed by atoms with van der Waals surface area (Å²) in [6, 6.07) is 139. The second-order valence-corrected chi connectivity index (χ2v) is 30.3. The van der Waals surface area contributed by atoms with E-state index in [9.17, 15) is 0 Å². The first-order valence-corrected chi connectivity index (χ1v) is 39.1. The van der Waals surface area contributed by atoms with Crippen LogP contribution < -0.4 is 24.8 Å². The summed E-state index contributed by atoms with van der Waals surface area (Å²) >= 11 is 3.38. The summed E-state index contributed by atoms with van der Waals surface area (Å²) in [5, 5.41) is 10.6. The van der Waals surface area contributed by atoms with E-state index < -0.39 is 0 Å². The summed E-state index contributed by atoms with van der Waals surface area (Å²) in [4.78, 5) is 0. The van der Waals surface area contributed by atoms with Gasteiger partial charge in [0.05, 0.1) is 0 Å². The molecule has 0 atom stereocenters. The van der Waals surface area contributed by atoms with Gasteiger partial charge in [-0.25, -0.2) is 0 Å². The van der Waals surface area contributed by atoms with E-state index in [2.05, 4.69) is 388 Å². The molecule has 0 unspecified atom stereocenters. The molecule has 16 aromatic carbocycles. The molecular formula is C100H88Cl2Zr2-2. The van der Waals surface area contributed by atoms with Crippen LogP contribution in [0.4, 0.5) is 0 Å². The molecular weight excluding hydrogens is 1450 g/mol. The van der Waals surface area contributed by atoms with Crippen LogP contribution in [-0.2, 0) is 48.5 Å². The van der Waals surface area contributed by atoms with Crippen LogP contribution in [0, 0.1) is 0 Å². The van der Waals surface area contributed by atoms with Crippen molar-refractivity contribution in [2.24, 2.45) is 0 Å². The Balaban J connectivity index is 0.000000130. The number of rotatable bonds is 12. The molecule has 18 rings (SSSR count). The summed E-state index contributed by atoms with van der Waals surface area (Å²) in [7, 11) is 0. The van der Waals surface area contributed by atoms with Gasteiger partial charge in [-0.1, -0.05) is 267 Å². The average Bonchev–Trinajstić information content (AvgIpc) is 1.79. The van der Waals surface area contributed by atoms with Crippen molar-refractivity contribution in [2.45, 2.75) is 87.9 Å². The molecule has 2 fully saturated rings. The molecule has 2 saturated carbocycles. The van der Waals surface area contributed by atoms with E-state index in [1.807, 2.05) is 0 Å². The Hall–Kier alpha value is -8.83. The van der Waals surface area contributed by atoms with Crippen LogP contribution in [0.2, 0.25) is 0 Å². The van der Waals surface area contributed by atoms with Crippen molar-refractivity contribution in [3.8, 4) is 0 Å². The van der Waals surface area contributed by atoms with Gasteiger partial charge in [-0.15, -0.1) is 187 Å². The van der Waals surface area contributed by atoms with E-state index >= 15 is 0 Å². The predicted octanol–water partition coefficient (Wildman–Crippen LogP) is 20.3. The van der Waals surface area contributed by atoms with Gasteiger partial charge in [-0.05, 0) is 68.2 Å². The molecule has 0 saturated heterocycles. The fourth-order valence-corrected chi connectivity index (χ4v) is 16.8. The molecule has 0 N–H and O–H groups in total. The minimum Gasteiger partial charge on any atom is -0.150 e. The average molecular weight is 1540 g/mol. The molecule has 2 aliphatic rings. The summed E-state index contributed by atoms with van der Waals surface area (Å²) in [5.41, 5.74) is 16.2. The van der Waals surface area contributed by atoms with Gasteiger partial charge in [0.25, 0.3) is 0 Å². The number of fused-ring (bicyclic) bond motifs is 4. The minimum absolute atomic E-state index is 0. The van der Waals surface area contributed by atoms with Crippen LogP contribution in [0.25, 0.3) is 43.1 Å². The number of hydrogen-bond donors (Lipinski definition) is 0. The van der Waals surface area contributed by atoms with Crippen LogP contribution in [-0.4, -0.2) is 6.41 Å². The fraction of sp³-hybridized carbons (Fsp3) is 0.140. The Morgan fingerprint density at radius 1 is 0.192 bits per heavy atom. The largest absolute Gasteiger partial charge is 0.150 e. The molecule has 0 bridgehead atoms. The molecule has 0 radical (unpaired) electrons. The van der Waals surface area contributed by atoms with Crippen molar-refractivity contribution < 1.29 is 73.3 Å². The normalized spacial score (nSPS) is 12.5. The molecule has 16 aromatic rings. The van der Waals surface area contributed by atoms with Crippen LogP contribution in [0.3, 0.4) is 0 Å². The van der Waals surface area contributed by atoms with Gasteiger partial charge in [0.1, 0.15) is 0 Å². The third-order valence-electron chi connectivity index (χ3n) is 20.1. The van der Waals surface area contributed by atoms with E-state index in [1.165, 1.54) is 174 Å². The zero-order valence-electron chi connectivity index (χ0n) is 59.1. The van der Waals surface area contributed by atoms with Gasteiger partial charge in [-0.3, -0.25) is 0 Å². The zero-order valence-corrected chi connectivity index (χ0v) is 65.5. The Kier molecular flexibility index (Phi) is 29.3. The molecule has 0 aromatic heterocycles. The number of halogens is 2. The molecule has 4 heteroatoms. The van der Waals surface area contributed by atoms with Crippen molar-refractivity contribution in [3.05, 3.63) is 455 Å². The second-order valence-electron chi connectivity index (χ2n) is 26.8. The molecule has 0 aliphatic heterocycles. The SMILES string of the molecule is [Cl-].[Cl-].[Zr+2]=[C]1CCCCC1.[Zr+2]=[C]1CCCCC1.c1ccc(C(c2ccccc2)c2c[cH-]c3ccccc23)cc1.c1ccc(C(c2ccccc2)c2c[cH-]c3ccccc23)cc1.c1ccc(C(c2ccccc2)c2c[cH-]c3ccccc23)cc1.c1ccc(C(c2ccccc2)c2c[cH-]c3ccccc23)cc1. The molecule has 104 heavy (non-hydrogen) atoms. The maximum Gasteiger partial charge on any atom is -0.00686 e. The Bertz CT molecular complexity index is 4340. The molecule has 0 heterocycles. The Morgan fingerprint density at radius 3 is 0.500 bits per heavy atom. The van der Waals surface area contributed by atoms with Crippen molar-refractivity contribution in [3.63, 3.8) is 0 Å². The van der Waals surface area contributed by atoms with Gasteiger partial charge in [0.15, 0.2) is 0 Å². The topological polar surface area (TPSA) is 0 Å². The summed E-state index contributed by atoms with van der Waals surface area (Å²) in [5.74, 6) is 1.12. The Morgan fingerprint density at radius 2 is 0.346 bits per heavy atom. The van der Waals surface area contributed by atoms with Crippen LogP contribution in [0.5, 0.6) is 0 Å². The van der Waals surface area contributed by atoms with Gasteiger partial charge in [0.2, 0.25) is 0 Å². The molecule has 0 nitrogen and oxygen atoms in total. The maximum atomic E-state index is 2.27. The van der Waals surface area contributed by atoms with E-state index in [1.54, 1.807) is 54.9 Å². The van der Waals surface area contributed by atoms with Gasteiger partial charge >= 0.3 is 119 Å². The van der Waals surface area contributed by atoms with Gasteiger partial charge in [0, 0.05) is 0 Å². The minimum atomic E-state index is 0. The van der Waals surface area contributed by atoms with Gasteiger partial charge in [-0.2, -0.15) is 0 Å². The third-order valence-corrected chi connectivity index (χ3v) is 22.5. The monoisotopic (exact) mass is 1540 g/mol. The van der Waals surface area contributed by atoms with Crippen molar-refractivity contribution in [1.29, 1.82) is 0 Å². The number of hydrogen-bond acceptors (Lipinski definition) is 0. The van der Waals surface area contributed by atoms with E-state index in [0.717, 1.165) is 0 Å². The molecule has 512 valence electrons. The van der Waals surface area contributed by atoms with E-state index in [-0.39, 0.29) is 48.5 Å². The van der Waals surface area contributed by atoms with Crippen LogP contribution in [0.1, 0.15) is 155 Å².